The molecule has 1 aliphatic rings. The van der Waals surface area contributed by atoms with Gasteiger partial charge in [-0.1, -0.05) is 19.9 Å². The number of benzene rings is 1. The van der Waals surface area contributed by atoms with Crippen LogP contribution >= 0.6 is 0 Å². The number of aromatic hydroxyl groups is 1. The van der Waals surface area contributed by atoms with Crippen molar-refractivity contribution < 1.29 is 23.8 Å². The van der Waals surface area contributed by atoms with E-state index in [9.17, 15) is 19.9 Å². The first-order valence-corrected chi connectivity index (χ1v) is 15.0. The first-order valence-electron chi connectivity index (χ1n) is 15.0. The Labute approximate surface area is 261 Å². The van der Waals surface area contributed by atoms with E-state index >= 15 is 4.39 Å². The quantitative estimate of drug-likeness (QED) is 0.247. The number of pyridine rings is 2. The van der Waals surface area contributed by atoms with Crippen molar-refractivity contribution in [3.05, 3.63) is 74.9 Å². The van der Waals surface area contributed by atoms with E-state index in [1.54, 1.807) is 50.9 Å². The lowest BCUT2D eigenvalue weighted by Crippen LogP contribution is -2.55. The lowest BCUT2D eigenvalue weighted by molar-refractivity contribution is -0.568. The van der Waals surface area contributed by atoms with E-state index in [1.165, 1.54) is 16.7 Å². The first kappa shape index (κ1) is 31.7. The third-order valence-corrected chi connectivity index (χ3v) is 7.92. The molecule has 1 fully saturated rings. The maximum Gasteiger partial charge on any atom is 0.442 e. The standard InChI is InChI=1S/C33H39FN6O5/c1-18(2)26-28(19(3)12-13-35-26)39-30-22(16-20(4)27(40(30)44)25-23(34)10-9-11-24(25)41)29(36-31(39)42)38-15-14-37(17-21(38)5)32(43)45-33(6,7)8/h9-13,16,18,21,41H,14-15,17H2,1-8H3/t21-/m0/s1. The average Bonchev–Trinajstić information content (AvgIpc) is 2.94. The summed E-state index contributed by atoms with van der Waals surface area (Å²) in [7, 11) is 0. The molecule has 0 spiro atoms. The molecule has 4 heterocycles. The molecule has 1 amide bonds. The Balaban J connectivity index is 1.79. The zero-order valence-corrected chi connectivity index (χ0v) is 26.9. The molecular weight excluding hydrogens is 579 g/mol. The molecule has 12 heteroatoms. The van der Waals surface area contributed by atoms with Gasteiger partial charge in [-0.25, -0.2) is 18.7 Å². The van der Waals surface area contributed by atoms with E-state index in [1.807, 2.05) is 32.6 Å². The van der Waals surface area contributed by atoms with Gasteiger partial charge in [-0.2, -0.15) is 4.98 Å². The summed E-state index contributed by atoms with van der Waals surface area (Å²) in [5.41, 5.74) is 0.240. The maximum absolute atomic E-state index is 15.2. The fraction of sp³-hybridized carbons (Fsp3) is 0.424. The second kappa shape index (κ2) is 11.6. The van der Waals surface area contributed by atoms with Crippen LogP contribution in [0.25, 0.3) is 28.0 Å². The Bertz CT molecular complexity index is 1850. The molecule has 3 aromatic heterocycles. The van der Waals surface area contributed by atoms with E-state index in [0.717, 1.165) is 6.07 Å². The van der Waals surface area contributed by atoms with Gasteiger partial charge < -0.3 is 24.9 Å². The van der Waals surface area contributed by atoms with Crippen LogP contribution in [0.15, 0.2) is 41.3 Å². The van der Waals surface area contributed by atoms with Crippen molar-refractivity contribution in [3.63, 3.8) is 0 Å². The van der Waals surface area contributed by atoms with Crippen LogP contribution in [0.3, 0.4) is 0 Å². The SMILES string of the molecule is Cc1ccnc(C(C)C)c1-n1c(=O)nc(N2CCN(C(=O)OC(C)(C)C)C[C@@H]2C)c2cc(C)c(-c3c(O)cccc3F)[n+]([O-])c21. The van der Waals surface area contributed by atoms with E-state index < -0.39 is 29.0 Å². The second-order valence-corrected chi connectivity index (χ2v) is 12.9. The molecular formula is C33H39FN6O5. The van der Waals surface area contributed by atoms with Crippen LogP contribution in [-0.4, -0.2) is 61.9 Å². The highest BCUT2D eigenvalue weighted by Gasteiger charge is 2.35. The van der Waals surface area contributed by atoms with Crippen molar-refractivity contribution in [1.82, 2.24) is 19.4 Å². The second-order valence-electron chi connectivity index (χ2n) is 12.9. The summed E-state index contributed by atoms with van der Waals surface area (Å²) in [6.07, 6.45) is 1.21. The van der Waals surface area contributed by atoms with Crippen molar-refractivity contribution in [2.75, 3.05) is 24.5 Å². The van der Waals surface area contributed by atoms with Crippen molar-refractivity contribution in [3.8, 4) is 22.7 Å². The molecule has 0 saturated carbocycles. The van der Waals surface area contributed by atoms with E-state index in [0.29, 0.717) is 52.3 Å². The minimum absolute atomic E-state index is 0.0759. The predicted octanol–water partition coefficient (Wildman–Crippen LogP) is 5.11. The number of carbonyl (C=O) groups is 1. The Kier molecular flexibility index (Phi) is 8.20. The molecule has 0 unspecified atom stereocenters. The smallest absolute Gasteiger partial charge is 0.442 e. The highest BCUT2D eigenvalue weighted by Crippen LogP contribution is 2.36. The number of phenols is 1. The minimum Gasteiger partial charge on any atom is -0.710 e. The number of amides is 1. The van der Waals surface area contributed by atoms with Gasteiger partial charge in [0.15, 0.2) is 11.5 Å². The number of piperazine rings is 1. The zero-order valence-electron chi connectivity index (χ0n) is 26.9. The summed E-state index contributed by atoms with van der Waals surface area (Å²) in [4.78, 5) is 39.5. The largest absolute Gasteiger partial charge is 0.710 e. The van der Waals surface area contributed by atoms with Gasteiger partial charge in [-0.3, -0.25) is 4.98 Å². The minimum atomic E-state index is -0.780. The molecule has 0 bridgehead atoms. The number of phenolic OH excluding ortho intramolecular Hbond substituents is 1. The number of hydrogen-bond donors (Lipinski definition) is 1. The number of anilines is 1. The molecule has 1 atom stereocenters. The van der Waals surface area contributed by atoms with Crippen LogP contribution in [0, 0.1) is 24.9 Å². The highest BCUT2D eigenvalue weighted by molar-refractivity contribution is 5.89. The topological polar surface area (TPSA) is 128 Å². The lowest BCUT2D eigenvalue weighted by atomic mass is 10.0. The molecule has 45 heavy (non-hydrogen) atoms. The van der Waals surface area contributed by atoms with Crippen molar-refractivity contribution in [1.29, 1.82) is 0 Å². The van der Waals surface area contributed by atoms with E-state index in [-0.39, 0.29) is 34.7 Å². The number of rotatable bonds is 4. The summed E-state index contributed by atoms with van der Waals surface area (Å²) in [5, 5.41) is 25.6. The summed E-state index contributed by atoms with van der Waals surface area (Å²) < 4.78 is 22.5. The van der Waals surface area contributed by atoms with Crippen molar-refractivity contribution in [2.45, 2.75) is 73.0 Å². The van der Waals surface area contributed by atoms with Crippen LogP contribution in [0.2, 0.25) is 0 Å². The summed E-state index contributed by atoms with van der Waals surface area (Å²) in [6.45, 7) is 15.6. The summed E-state index contributed by atoms with van der Waals surface area (Å²) >= 11 is 0. The van der Waals surface area contributed by atoms with Crippen molar-refractivity contribution >= 4 is 22.9 Å². The Morgan fingerprint density at radius 3 is 2.51 bits per heavy atom. The van der Waals surface area contributed by atoms with Gasteiger partial charge in [0.1, 0.15) is 28.2 Å². The summed E-state index contributed by atoms with van der Waals surface area (Å²) in [6, 6.07) is 6.97. The number of fused-ring (bicyclic) bond motifs is 1. The fourth-order valence-corrected chi connectivity index (χ4v) is 5.91. The van der Waals surface area contributed by atoms with Crippen LogP contribution in [-0.2, 0) is 4.74 Å². The summed E-state index contributed by atoms with van der Waals surface area (Å²) in [5.74, 6) is -1.02. The number of nitrogens with zero attached hydrogens (tertiary/aromatic N) is 6. The zero-order chi connectivity index (χ0) is 33.0. The maximum atomic E-state index is 15.2. The highest BCUT2D eigenvalue weighted by atomic mass is 19.1. The van der Waals surface area contributed by atoms with Gasteiger partial charge in [0.25, 0.3) is 0 Å². The van der Waals surface area contributed by atoms with Gasteiger partial charge >= 0.3 is 17.4 Å². The molecule has 1 saturated heterocycles. The number of halogens is 1. The number of ether oxygens (including phenoxy) is 1. The van der Waals surface area contributed by atoms with Crippen LogP contribution in [0.1, 0.15) is 64.3 Å². The van der Waals surface area contributed by atoms with Crippen LogP contribution in [0.5, 0.6) is 5.75 Å². The number of carbonyl (C=O) groups excluding carboxylic acids is 1. The number of aryl methyl sites for hydroxylation is 2. The molecule has 0 radical (unpaired) electrons. The Morgan fingerprint density at radius 2 is 1.89 bits per heavy atom. The molecule has 4 aromatic rings. The van der Waals surface area contributed by atoms with Crippen LogP contribution < -0.4 is 15.3 Å². The molecule has 1 N–H and O–H groups in total. The van der Waals surface area contributed by atoms with E-state index in [2.05, 4.69) is 9.97 Å². The Hall–Kier alpha value is -4.74. The molecule has 238 valence electrons. The first-order chi connectivity index (χ1) is 21.1. The van der Waals surface area contributed by atoms with Gasteiger partial charge in [-0.15, -0.1) is 4.57 Å². The molecule has 1 aliphatic heterocycles. The molecule has 1 aromatic carbocycles. The van der Waals surface area contributed by atoms with Crippen LogP contribution in [0.4, 0.5) is 15.0 Å². The van der Waals surface area contributed by atoms with Gasteiger partial charge in [0.2, 0.25) is 0 Å². The van der Waals surface area contributed by atoms with Gasteiger partial charge in [-0.05, 0) is 82.9 Å². The number of hydrogen-bond acceptors (Lipinski definition) is 8. The average molecular weight is 619 g/mol. The third kappa shape index (κ3) is 5.76. The number of aromatic nitrogens is 4. The molecule has 0 aliphatic carbocycles. The normalized spacial score (nSPS) is 15.6. The van der Waals surface area contributed by atoms with Crippen molar-refractivity contribution in [2.24, 2.45) is 0 Å². The predicted molar refractivity (Wildman–Crippen MR) is 169 cm³/mol. The third-order valence-electron chi connectivity index (χ3n) is 7.92. The van der Waals surface area contributed by atoms with E-state index in [4.69, 9.17) is 4.74 Å². The molecule has 5 rings (SSSR count). The lowest BCUT2D eigenvalue weighted by Gasteiger charge is -2.41. The monoisotopic (exact) mass is 618 g/mol. The van der Waals surface area contributed by atoms with Gasteiger partial charge in [0.05, 0.1) is 11.3 Å². The van der Waals surface area contributed by atoms with Gasteiger partial charge in [0, 0.05) is 31.9 Å². The Morgan fingerprint density at radius 1 is 1.18 bits per heavy atom. The molecule has 11 nitrogen and oxygen atoms in total. The fourth-order valence-electron chi connectivity index (χ4n) is 5.91.